The molecule has 2 aromatic carbocycles. The Morgan fingerprint density at radius 1 is 1.16 bits per heavy atom. The number of hydrogen-bond donors (Lipinski definition) is 1. The van der Waals surface area contributed by atoms with Gasteiger partial charge in [-0.05, 0) is 30.3 Å². The molecule has 1 aliphatic rings. The van der Waals surface area contributed by atoms with Gasteiger partial charge in [0.15, 0.2) is 23.1 Å². The fourth-order valence-corrected chi connectivity index (χ4v) is 3.13. The van der Waals surface area contributed by atoms with E-state index in [0.29, 0.717) is 16.5 Å². The summed E-state index contributed by atoms with van der Waals surface area (Å²) in [6.45, 7) is 0.170. The van der Waals surface area contributed by atoms with Gasteiger partial charge in [0.25, 0.3) is 5.91 Å². The van der Waals surface area contributed by atoms with Gasteiger partial charge in [0.05, 0.1) is 11.9 Å². The third kappa shape index (κ3) is 2.91. The van der Waals surface area contributed by atoms with Crippen LogP contribution in [0.3, 0.4) is 0 Å². The molecule has 1 aromatic heterocycles. The number of benzene rings is 2. The zero-order valence-electron chi connectivity index (χ0n) is 12.6. The van der Waals surface area contributed by atoms with Crippen molar-refractivity contribution in [3.63, 3.8) is 0 Å². The molecule has 126 valence electrons. The van der Waals surface area contributed by atoms with Crippen LogP contribution in [0.2, 0.25) is 0 Å². The SMILES string of the molecule is O=C(Nc1cccc(F)c1F)c1cnc(-c2ccc3c(c2)OCO3)s1. The van der Waals surface area contributed by atoms with Crippen LogP contribution in [0.4, 0.5) is 14.5 Å². The van der Waals surface area contributed by atoms with E-state index < -0.39 is 17.5 Å². The van der Waals surface area contributed by atoms with Crippen LogP contribution in [0, 0.1) is 11.6 Å². The molecule has 8 heteroatoms. The van der Waals surface area contributed by atoms with Crippen LogP contribution < -0.4 is 14.8 Å². The first kappa shape index (κ1) is 15.5. The summed E-state index contributed by atoms with van der Waals surface area (Å²) in [6.07, 6.45) is 1.39. The Kier molecular flexibility index (Phi) is 3.81. The van der Waals surface area contributed by atoms with Crippen LogP contribution in [0.5, 0.6) is 11.5 Å². The summed E-state index contributed by atoms with van der Waals surface area (Å²) in [5.74, 6) is -1.42. The Labute approximate surface area is 144 Å². The highest BCUT2D eigenvalue weighted by molar-refractivity contribution is 7.17. The summed E-state index contributed by atoms with van der Waals surface area (Å²) in [6, 6.07) is 8.93. The predicted octanol–water partition coefficient (Wildman–Crippen LogP) is 4.07. The first-order valence-corrected chi connectivity index (χ1v) is 8.04. The van der Waals surface area contributed by atoms with Gasteiger partial charge in [0.2, 0.25) is 6.79 Å². The molecule has 2 heterocycles. The molecule has 5 nitrogen and oxygen atoms in total. The molecule has 1 aliphatic heterocycles. The molecule has 3 aromatic rings. The number of carbonyl (C=O) groups excluding carboxylic acids is 1. The van der Waals surface area contributed by atoms with E-state index in [0.717, 1.165) is 23.0 Å². The molecule has 0 spiro atoms. The van der Waals surface area contributed by atoms with Crippen molar-refractivity contribution in [3.8, 4) is 22.1 Å². The minimum absolute atomic E-state index is 0.170. The number of ether oxygens (including phenoxy) is 2. The number of fused-ring (bicyclic) bond motifs is 1. The van der Waals surface area contributed by atoms with Crippen LogP contribution in [-0.4, -0.2) is 17.7 Å². The zero-order valence-corrected chi connectivity index (χ0v) is 13.4. The van der Waals surface area contributed by atoms with Gasteiger partial charge in [-0.3, -0.25) is 4.79 Å². The number of nitrogens with zero attached hydrogens (tertiary/aromatic N) is 1. The quantitative estimate of drug-likeness (QED) is 0.765. The first-order valence-electron chi connectivity index (χ1n) is 7.23. The third-order valence-electron chi connectivity index (χ3n) is 3.55. The van der Waals surface area contributed by atoms with Gasteiger partial charge >= 0.3 is 0 Å². The largest absolute Gasteiger partial charge is 0.454 e. The number of anilines is 1. The van der Waals surface area contributed by atoms with Crippen LogP contribution in [0.15, 0.2) is 42.6 Å². The molecule has 0 saturated carbocycles. The second-order valence-corrected chi connectivity index (χ2v) is 6.18. The molecule has 0 radical (unpaired) electrons. The van der Waals surface area contributed by atoms with Crippen LogP contribution in [0.25, 0.3) is 10.6 Å². The van der Waals surface area contributed by atoms with Gasteiger partial charge in [-0.1, -0.05) is 6.07 Å². The molecular weight excluding hydrogens is 350 g/mol. The van der Waals surface area contributed by atoms with Crippen molar-refractivity contribution >= 4 is 22.9 Å². The van der Waals surface area contributed by atoms with Gasteiger partial charge in [0, 0.05) is 5.56 Å². The Morgan fingerprint density at radius 2 is 2.00 bits per heavy atom. The highest BCUT2D eigenvalue weighted by Crippen LogP contribution is 2.37. The smallest absolute Gasteiger partial charge is 0.267 e. The fraction of sp³-hybridized carbons (Fsp3) is 0.0588. The molecule has 4 rings (SSSR count). The Hall–Kier alpha value is -3.00. The summed E-state index contributed by atoms with van der Waals surface area (Å²) in [5.41, 5.74) is 0.549. The average molecular weight is 360 g/mol. The number of aromatic nitrogens is 1. The van der Waals surface area contributed by atoms with Crippen molar-refractivity contribution in [2.24, 2.45) is 0 Å². The monoisotopic (exact) mass is 360 g/mol. The summed E-state index contributed by atoms with van der Waals surface area (Å²) >= 11 is 1.13. The third-order valence-corrected chi connectivity index (χ3v) is 4.59. The Morgan fingerprint density at radius 3 is 2.88 bits per heavy atom. The van der Waals surface area contributed by atoms with Crippen molar-refractivity contribution < 1.29 is 23.0 Å². The Balaban J connectivity index is 1.56. The van der Waals surface area contributed by atoms with Crippen molar-refractivity contribution in [3.05, 3.63) is 59.1 Å². The molecular formula is C17H10F2N2O3S. The summed E-state index contributed by atoms with van der Waals surface area (Å²) in [4.78, 5) is 16.7. The van der Waals surface area contributed by atoms with E-state index in [1.165, 1.54) is 18.3 Å². The van der Waals surface area contributed by atoms with Gasteiger partial charge in [-0.15, -0.1) is 11.3 Å². The highest BCUT2D eigenvalue weighted by Gasteiger charge is 2.18. The van der Waals surface area contributed by atoms with E-state index in [2.05, 4.69) is 10.3 Å². The number of nitrogens with one attached hydrogen (secondary N) is 1. The maximum Gasteiger partial charge on any atom is 0.267 e. The molecule has 25 heavy (non-hydrogen) atoms. The zero-order chi connectivity index (χ0) is 17.4. The maximum absolute atomic E-state index is 13.6. The standard InChI is InChI=1S/C17H10F2N2O3S/c18-10-2-1-3-11(15(10)19)21-16(22)14-7-20-17(25-14)9-4-5-12-13(6-9)24-8-23-12/h1-7H,8H2,(H,21,22). The second kappa shape index (κ2) is 6.14. The Bertz CT molecular complexity index is 974. The molecule has 0 fully saturated rings. The van der Waals surface area contributed by atoms with Gasteiger partial charge in [-0.2, -0.15) is 0 Å². The van der Waals surface area contributed by atoms with Crippen molar-refractivity contribution in [2.45, 2.75) is 0 Å². The number of thiazole rings is 1. The van der Waals surface area contributed by atoms with Crippen molar-refractivity contribution in [1.29, 1.82) is 0 Å². The lowest BCUT2D eigenvalue weighted by molar-refractivity contribution is 0.102. The van der Waals surface area contributed by atoms with E-state index >= 15 is 0 Å². The topological polar surface area (TPSA) is 60.5 Å². The summed E-state index contributed by atoms with van der Waals surface area (Å²) in [7, 11) is 0. The van der Waals surface area contributed by atoms with Crippen molar-refractivity contribution in [1.82, 2.24) is 4.98 Å². The van der Waals surface area contributed by atoms with Gasteiger partial charge < -0.3 is 14.8 Å². The first-order chi connectivity index (χ1) is 12.1. The summed E-state index contributed by atoms with van der Waals surface area (Å²) in [5, 5.41) is 2.95. The lowest BCUT2D eigenvalue weighted by Crippen LogP contribution is -2.11. The summed E-state index contributed by atoms with van der Waals surface area (Å²) < 4.78 is 37.4. The number of carbonyl (C=O) groups is 1. The molecule has 0 saturated heterocycles. The van der Waals surface area contributed by atoms with Crippen LogP contribution in [-0.2, 0) is 0 Å². The lowest BCUT2D eigenvalue weighted by atomic mass is 10.2. The number of hydrogen-bond acceptors (Lipinski definition) is 5. The molecule has 0 unspecified atom stereocenters. The molecule has 0 bridgehead atoms. The predicted molar refractivity (Wildman–Crippen MR) is 88.0 cm³/mol. The minimum Gasteiger partial charge on any atom is -0.454 e. The van der Waals surface area contributed by atoms with Crippen LogP contribution in [0.1, 0.15) is 9.67 Å². The van der Waals surface area contributed by atoms with E-state index in [1.54, 1.807) is 18.2 Å². The molecule has 0 aliphatic carbocycles. The van der Waals surface area contributed by atoms with E-state index in [4.69, 9.17) is 9.47 Å². The number of amides is 1. The molecule has 1 N–H and O–H groups in total. The van der Waals surface area contributed by atoms with Gasteiger partial charge in [0.1, 0.15) is 9.88 Å². The van der Waals surface area contributed by atoms with Crippen LogP contribution >= 0.6 is 11.3 Å². The van der Waals surface area contributed by atoms with Gasteiger partial charge in [-0.25, -0.2) is 13.8 Å². The van der Waals surface area contributed by atoms with E-state index in [9.17, 15) is 13.6 Å². The number of halogens is 2. The average Bonchev–Trinajstić information content (AvgIpc) is 3.27. The van der Waals surface area contributed by atoms with E-state index in [-0.39, 0.29) is 17.4 Å². The normalized spacial score (nSPS) is 12.2. The fourth-order valence-electron chi connectivity index (χ4n) is 2.33. The van der Waals surface area contributed by atoms with Crippen molar-refractivity contribution in [2.75, 3.05) is 12.1 Å². The number of rotatable bonds is 3. The molecule has 0 atom stereocenters. The highest BCUT2D eigenvalue weighted by atomic mass is 32.1. The maximum atomic E-state index is 13.6. The van der Waals surface area contributed by atoms with E-state index in [1.807, 2.05) is 0 Å². The molecule has 1 amide bonds. The minimum atomic E-state index is -1.10. The lowest BCUT2D eigenvalue weighted by Gasteiger charge is -2.04. The second-order valence-electron chi connectivity index (χ2n) is 5.15.